The number of nitrogens with one attached hydrogen (secondary N) is 1. The van der Waals surface area contributed by atoms with Crippen molar-refractivity contribution in [2.45, 2.75) is 39.7 Å². The number of anilines is 1. The first-order chi connectivity index (χ1) is 11.3. The van der Waals surface area contributed by atoms with Gasteiger partial charge in [0.1, 0.15) is 18.0 Å². The molecule has 0 spiro atoms. The topological polar surface area (TPSA) is 56.8 Å². The average molecular weight is 358 g/mol. The molecule has 1 atom stereocenters. The van der Waals surface area contributed by atoms with Crippen molar-refractivity contribution in [2.75, 3.05) is 32.2 Å². The smallest absolute Gasteiger partial charge is 0.256 e. The number of carbonyl (C=O) groups excluding carboxylic acids is 1. The third-order valence-corrected chi connectivity index (χ3v) is 3.77. The van der Waals surface area contributed by atoms with Crippen LogP contribution in [0, 0.1) is 5.92 Å². The van der Waals surface area contributed by atoms with E-state index in [-0.39, 0.29) is 5.91 Å². The predicted molar refractivity (Wildman–Crippen MR) is 96.9 cm³/mol. The van der Waals surface area contributed by atoms with Gasteiger partial charge >= 0.3 is 0 Å². The Bertz CT molecular complexity index is 536. The normalized spacial score (nSPS) is 13.6. The van der Waals surface area contributed by atoms with Crippen molar-refractivity contribution in [2.24, 2.45) is 5.92 Å². The molecule has 0 radical (unpaired) electrons. The maximum absolute atomic E-state index is 12.6. The highest BCUT2D eigenvalue weighted by atomic mass is 35.5. The first kappa shape index (κ1) is 20.7. The Morgan fingerprint density at radius 3 is 2.58 bits per heavy atom. The van der Waals surface area contributed by atoms with E-state index in [1.54, 1.807) is 25.3 Å². The van der Waals surface area contributed by atoms with E-state index in [2.05, 4.69) is 19.2 Å². The van der Waals surface area contributed by atoms with Gasteiger partial charge in [-0.15, -0.1) is 0 Å². The van der Waals surface area contributed by atoms with Crippen molar-refractivity contribution in [1.82, 2.24) is 0 Å². The molecule has 0 aliphatic rings. The average Bonchev–Trinajstić information content (AvgIpc) is 2.49. The standard InChI is InChI=1S/C18H28ClNO4/c1-6-24-18(4,12-13(2)3)17(21)20-14-7-8-16(15(19)11-14)23-10-9-22-5/h7-8,11,13H,6,9-10,12H2,1-5H3,(H,20,21)/t18-/m0/s1. The Balaban J connectivity index is 2.79. The summed E-state index contributed by atoms with van der Waals surface area (Å²) in [6, 6.07) is 5.16. The zero-order chi connectivity index (χ0) is 18.2. The Morgan fingerprint density at radius 1 is 1.33 bits per heavy atom. The van der Waals surface area contributed by atoms with Crippen LogP contribution in [0.3, 0.4) is 0 Å². The predicted octanol–water partition coefficient (Wildman–Crippen LogP) is 4.15. The van der Waals surface area contributed by atoms with E-state index in [1.165, 1.54) is 0 Å². The summed E-state index contributed by atoms with van der Waals surface area (Å²) in [7, 11) is 1.61. The fraction of sp³-hybridized carbons (Fsp3) is 0.611. The third kappa shape index (κ3) is 6.30. The van der Waals surface area contributed by atoms with Crippen molar-refractivity contribution in [3.05, 3.63) is 23.2 Å². The molecule has 0 saturated heterocycles. The fourth-order valence-electron chi connectivity index (χ4n) is 2.51. The van der Waals surface area contributed by atoms with Crippen molar-refractivity contribution in [1.29, 1.82) is 0 Å². The van der Waals surface area contributed by atoms with Crippen LogP contribution in [0.1, 0.15) is 34.1 Å². The van der Waals surface area contributed by atoms with Crippen LogP contribution in [0.4, 0.5) is 5.69 Å². The summed E-state index contributed by atoms with van der Waals surface area (Å²) in [5.74, 6) is 0.719. The second-order valence-electron chi connectivity index (χ2n) is 6.20. The monoisotopic (exact) mass is 357 g/mol. The number of ether oxygens (including phenoxy) is 3. The second kappa shape index (κ2) is 9.87. The van der Waals surface area contributed by atoms with Gasteiger partial charge in [-0.05, 0) is 44.4 Å². The van der Waals surface area contributed by atoms with Crippen LogP contribution in [-0.4, -0.2) is 38.4 Å². The van der Waals surface area contributed by atoms with Crippen LogP contribution < -0.4 is 10.1 Å². The minimum absolute atomic E-state index is 0.179. The molecule has 6 heteroatoms. The molecule has 1 N–H and O–H groups in total. The molecule has 5 nitrogen and oxygen atoms in total. The minimum Gasteiger partial charge on any atom is -0.490 e. The molecular weight excluding hydrogens is 330 g/mol. The molecule has 0 aromatic heterocycles. The van der Waals surface area contributed by atoms with Gasteiger partial charge in [0.05, 0.1) is 11.6 Å². The molecule has 1 aromatic rings. The number of carbonyl (C=O) groups is 1. The summed E-state index contributed by atoms with van der Waals surface area (Å²) in [5, 5.41) is 3.32. The van der Waals surface area contributed by atoms with Crippen molar-refractivity contribution in [3.63, 3.8) is 0 Å². The van der Waals surface area contributed by atoms with Gasteiger partial charge in [0, 0.05) is 19.4 Å². The quantitative estimate of drug-likeness (QED) is 0.639. The lowest BCUT2D eigenvalue weighted by Gasteiger charge is -2.30. The maximum atomic E-state index is 12.6. The molecule has 0 saturated carbocycles. The zero-order valence-electron chi connectivity index (χ0n) is 15.1. The Kier molecular flexibility index (Phi) is 8.53. The molecule has 1 amide bonds. The van der Waals surface area contributed by atoms with Gasteiger partial charge in [-0.25, -0.2) is 0 Å². The molecular formula is C18H28ClNO4. The van der Waals surface area contributed by atoms with Crippen LogP contribution in [0.5, 0.6) is 5.75 Å². The van der Waals surface area contributed by atoms with Gasteiger partial charge in [0.15, 0.2) is 0 Å². The number of amides is 1. The molecule has 1 rings (SSSR count). The van der Waals surface area contributed by atoms with Crippen molar-refractivity contribution < 1.29 is 19.0 Å². The number of hydrogen-bond acceptors (Lipinski definition) is 4. The molecule has 0 fully saturated rings. The van der Waals surface area contributed by atoms with Crippen LogP contribution >= 0.6 is 11.6 Å². The first-order valence-corrected chi connectivity index (χ1v) is 8.57. The molecule has 0 bridgehead atoms. The van der Waals surface area contributed by atoms with E-state index in [1.807, 2.05) is 13.8 Å². The van der Waals surface area contributed by atoms with Gasteiger partial charge < -0.3 is 19.5 Å². The minimum atomic E-state index is -0.872. The van der Waals surface area contributed by atoms with Gasteiger partial charge in [-0.1, -0.05) is 25.4 Å². The van der Waals surface area contributed by atoms with E-state index in [9.17, 15) is 4.79 Å². The van der Waals surface area contributed by atoms with E-state index >= 15 is 0 Å². The lowest BCUT2D eigenvalue weighted by atomic mass is 9.93. The largest absolute Gasteiger partial charge is 0.490 e. The number of rotatable bonds is 10. The van der Waals surface area contributed by atoms with Gasteiger partial charge in [-0.2, -0.15) is 0 Å². The Hall–Kier alpha value is -1.30. The Morgan fingerprint density at radius 2 is 2.04 bits per heavy atom. The van der Waals surface area contributed by atoms with Gasteiger partial charge in [0.25, 0.3) is 5.91 Å². The number of benzene rings is 1. The number of hydrogen-bond donors (Lipinski definition) is 1. The summed E-state index contributed by atoms with van der Waals surface area (Å²) < 4.78 is 16.1. The highest BCUT2D eigenvalue weighted by molar-refractivity contribution is 6.32. The third-order valence-electron chi connectivity index (χ3n) is 3.48. The lowest BCUT2D eigenvalue weighted by molar-refractivity contribution is -0.140. The zero-order valence-corrected chi connectivity index (χ0v) is 15.9. The molecule has 24 heavy (non-hydrogen) atoms. The van der Waals surface area contributed by atoms with Crippen LogP contribution in [-0.2, 0) is 14.3 Å². The van der Waals surface area contributed by atoms with Gasteiger partial charge in [0.2, 0.25) is 0 Å². The van der Waals surface area contributed by atoms with Crippen LogP contribution in [0.25, 0.3) is 0 Å². The lowest BCUT2D eigenvalue weighted by Crippen LogP contribution is -2.43. The number of halogens is 1. The molecule has 136 valence electrons. The first-order valence-electron chi connectivity index (χ1n) is 8.19. The SMILES string of the molecule is CCO[C@@](C)(CC(C)C)C(=O)Nc1ccc(OCCOC)c(Cl)c1. The van der Waals surface area contributed by atoms with Gasteiger partial charge in [-0.3, -0.25) is 4.79 Å². The van der Waals surface area contributed by atoms with E-state index < -0.39 is 5.60 Å². The summed E-state index contributed by atoms with van der Waals surface area (Å²) in [6.45, 7) is 9.20. The van der Waals surface area contributed by atoms with Crippen LogP contribution in [0.2, 0.25) is 5.02 Å². The summed E-state index contributed by atoms with van der Waals surface area (Å²) in [5.41, 5.74) is -0.262. The summed E-state index contributed by atoms with van der Waals surface area (Å²) in [6.07, 6.45) is 0.638. The molecule has 0 heterocycles. The highest BCUT2D eigenvalue weighted by Crippen LogP contribution is 2.29. The number of methoxy groups -OCH3 is 1. The highest BCUT2D eigenvalue weighted by Gasteiger charge is 2.34. The van der Waals surface area contributed by atoms with E-state index in [4.69, 9.17) is 25.8 Å². The second-order valence-corrected chi connectivity index (χ2v) is 6.61. The van der Waals surface area contributed by atoms with Crippen molar-refractivity contribution >= 4 is 23.2 Å². The molecule has 0 aliphatic carbocycles. The maximum Gasteiger partial charge on any atom is 0.256 e. The van der Waals surface area contributed by atoms with Crippen LogP contribution in [0.15, 0.2) is 18.2 Å². The molecule has 1 aromatic carbocycles. The van der Waals surface area contributed by atoms with E-state index in [0.717, 1.165) is 0 Å². The van der Waals surface area contributed by atoms with Crippen molar-refractivity contribution in [3.8, 4) is 5.75 Å². The Labute approximate surface area is 149 Å². The molecule has 0 aliphatic heterocycles. The van der Waals surface area contributed by atoms with E-state index in [0.29, 0.717) is 48.6 Å². The summed E-state index contributed by atoms with van der Waals surface area (Å²) >= 11 is 6.20. The molecule has 0 unspecified atom stereocenters. The summed E-state index contributed by atoms with van der Waals surface area (Å²) in [4.78, 5) is 12.6. The fourth-order valence-corrected chi connectivity index (χ4v) is 2.74.